The molecule has 1 amide bonds. The standard InChI is InChI=1S/C12H16BrNO3/c1-8(6-15)14-12(16)11-5-10(13)4-3-9(11)7-17-2/h3-5,8,15H,6-7H2,1-2H3,(H,14,16). The van der Waals surface area contributed by atoms with E-state index in [-0.39, 0.29) is 18.6 Å². The molecule has 0 heterocycles. The quantitative estimate of drug-likeness (QED) is 0.870. The smallest absolute Gasteiger partial charge is 0.251 e. The Morgan fingerprint density at radius 2 is 2.29 bits per heavy atom. The van der Waals surface area contributed by atoms with Crippen molar-refractivity contribution in [3.63, 3.8) is 0 Å². The largest absolute Gasteiger partial charge is 0.394 e. The highest BCUT2D eigenvalue weighted by molar-refractivity contribution is 9.10. The van der Waals surface area contributed by atoms with E-state index < -0.39 is 0 Å². The van der Waals surface area contributed by atoms with Crippen LogP contribution in [0.5, 0.6) is 0 Å². The van der Waals surface area contributed by atoms with Gasteiger partial charge in [-0.15, -0.1) is 0 Å². The van der Waals surface area contributed by atoms with Crippen LogP contribution in [0.2, 0.25) is 0 Å². The number of aliphatic hydroxyl groups is 1. The van der Waals surface area contributed by atoms with Gasteiger partial charge in [-0.2, -0.15) is 0 Å². The highest BCUT2D eigenvalue weighted by Crippen LogP contribution is 2.17. The first-order valence-corrected chi connectivity index (χ1v) is 6.07. The van der Waals surface area contributed by atoms with Crippen molar-refractivity contribution in [1.82, 2.24) is 5.32 Å². The van der Waals surface area contributed by atoms with E-state index in [2.05, 4.69) is 21.2 Å². The average molecular weight is 302 g/mol. The fraction of sp³-hybridized carbons (Fsp3) is 0.417. The number of benzene rings is 1. The number of methoxy groups -OCH3 is 1. The molecular formula is C12H16BrNO3. The zero-order valence-electron chi connectivity index (χ0n) is 9.87. The number of carbonyl (C=O) groups excluding carboxylic acids is 1. The molecule has 0 aliphatic carbocycles. The summed E-state index contributed by atoms with van der Waals surface area (Å²) in [5.74, 6) is -0.208. The van der Waals surface area contributed by atoms with Crippen LogP contribution >= 0.6 is 15.9 Å². The zero-order chi connectivity index (χ0) is 12.8. The van der Waals surface area contributed by atoms with Crippen molar-refractivity contribution < 1.29 is 14.6 Å². The fourth-order valence-corrected chi connectivity index (χ4v) is 1.75. The molecule has 5 heteroatoms. The lowest BCUT2D eigenvalue weighted by Crippen LogP contribution is -2.35. The summed E-state index contributed by atoms with van der Waals surface area (Å²) in [5, 5.41) is 11.6. The Hall–Kier alpha value is -0.910. The van der Waals surface area contributed by atoms with Gasteiger partial charge in [-0.25, -0.2) is 0 Å². The van der Waals surface area contributed by atoms with Gasteiger partial charge in [-0.1, -0.05) is 22.0 Å². The Balaban J connectivity index is 2.93. The summed E-state index contributed by atoms with van der Waals surface area (Å²) in [6.45, 7) is 2.04. The Morgan fingerprint density at radius 1 is 1.59 bits per heavy atom. The van der Waals surface area contributed by atoms with Crippen LogP contribution in [0.15, 0.2) is 22.7 Å². The minimum absolute atomic E-state index is 0.0840. The third kappa shape index (κ3) is 4.11. The topological polar surface area (TPSA) is 58.6 Å². The summed E-state index contributed by atoms with van der Waals surface area (Å²) in [4.78, 5) is 12.0. The minimum Gasteiger partial charge on any atom is -0.394 e. The summed E-state index contributed by atoms with van der Waals surface area (Å²) in [5.41, 5.74) is 1.37. The van der Waals surface area contributed by atoms with Crippen LogP contribution in [0.25, 0.3) is 0 Å². The van der Waals surface area contributed by atoms with Crippen LogP contribution in [0.3, 0.4) is 0 Å². The molecule has 0 radical (unpaired) electrons. The van der Waals surface area contributed by atoms with Gasteiger partial charge in [-0.3, -0.25) is 4.79 Å². The molecule has 1 unspecified atom stereocenters. The third-order valence-corrected chi connectivity index (χ3v) is 2.76. The van der Waals surface area contributed by atoms with E-state index in [1.54, 1.807) is 20.1 Å². The average Bonchev–Trinajstić information content (AvgIpc) is 2.31. The van der Waals surface area contributed by atoms with Gasteiger partial charge >= 0.3 is 0 Å². The van der Waals surface area contributed by atoms with Crippen molar-refractivity contribution in [3.8, 4) is 0 Å². The highest BCUT2D eigenvalue weighted by atomic mass is 79.9. The minimum atomic E-state index is -0.267. The number of amides is 1. The maximum atomic E-state index is 12.0. The molecule has 0 aliphatic heterocycles. The first-order chi connectivity index (χ1) is 8.08. The van der Waals surface area contributed by atoms with Gasteiger partial charge in [0.2, 0.25) is 0 Å². The Bertz CT molecular complexity index is 395. The number of nitrogens with one attached hydrogen (secondary N) is 1. The predicted molar refractivity (Wildman–Crippen MR) is 68.9 cm³/mol. The maximum Gasteiger partial charge on any atom is 0.251 e. The molecule has 1 aromatic rings. The fourth-order valence-electron chi connectivity index (χ4n) is 1.39. The van der Waals surface area contributed by atoms with Gasteiger partial charge in [0.05, 0.1) is 13.2 Å². The number of ether oxygens (including phenoxy) is 1. The monoisotopic (exact) mass is 301 g/mol. The van der Waals surface area contributed by atoms with Crippen molar-refractivity contribution in [3.05, 3.63) is 33.8 Å². The second-order valence-electron chi connectivity index (χ2n) is 3.79. The number of carbonyl (C=O) groups is 1. The van der Waals surface area contributed by atoms with E-state index in [9.17, 15) is 4.79 Å². The molecule has 1 rings (SSSR count). The predicted octanol–water partition coefficient (Wildman–Crippen LogP) is 1.71. The van der Waals surface area contributed by atoms with Gasteiger partial charge in [0, 0.05) is 23.2 Å². The number of hydrogen-bond donors (Lipinski definition) is 2. The van der Waals surface area contributed by atoms with Gasteiger partial charge in [-0.05, 0) is 24.6 Å². The van der Waals surface area contributed by atoms with E-state index in [4.69, 9.17) is 9.84 Å². The molecule has 4 nitrogen and oxygen atoms in total. The Kier molecular flexibility index (Phi) is 5.61. The van der Waals surface area contributed by atoms with Gasteiger partial charge in [0.1, 0.15) is 0 Å². The van der Waals surface area contributed by atoms with Gasteiger partial charge in [0.25, 0.3) is 5.91 Å². The van der Waals surface area contributed by atoms with Crippen LogP contribution < -0.4 is 5.32 Å². The molecule has 1 atom stereocenters. The molecule has 0 bridgehead atoms. The van der Waals surface area contributed by atoms with E-state index in [0.717, 1.165) is 10.0 Å². The Labute approximate surface area is 109 Å². The number of rotatable bonds is 5. The molecule has 0 saturated carbocycles. The third-order valence-electron chi connectivity index (χ3n) is 2.27. The molecule has 0 saturated heterocycles. The van der Waals surface area contributed by atoms with Crippen molar-refractivity contribution in [2.75, 3.05) is 13.7 Å². The van der Waals surface area contributed by atoms with Crippen molar-refractivity contribution >= 4 is 21.8 Å². The van der Waals surface area contributed by atoms with Gasteiger partial charge in [0.15, 0.2) is 0 Å². The molecule has 17 heavy (non-hydrogen) atoms. The number of halogens is 1. The van der Waals surface area contributed by atoms with Crippen LogP contribution in [0.4, 0.5) is 0 Å². The summed E-state index contributed by atoms with van der Waals surface area (Å²) in [7, 11) is 1.58. The van der Waals surface area contributed by atoms with Crippen molar-refractivity contribution in [2.24, 2.45) is 0 Å². The summed E-state index contributed by atoms with van der Waals surface area (Å²) >= 11 is 3.33. The highest BCUT2D eigenvalue weighted by Gasteiger charge is 2.13. The van der Waals surface area contributed by atoms with E-state index in [1.807, 2.05) is 12.1 Å². The molecule has 0 fully saturated rings. The zero-order valence-corrected chi connectivity index (χ0v) is 11.5. The van der Waals surface area contributed by atoms with Crippen molar-refractivity contribution in [1.29, 1.82) is 0 Å². The summed E-state index contributed by atoms with van der Waals surface area (Å²) < 4.78 is 5.88. The molecule has 0 aromatic heterocycles. The lowest BCUT2D eigenvalue weighted by molar-refractivity contribution is 0.0917. The van der Waals surface area contributed by atoms with Crippen LogP contribution in [0, 0.1) is 0 Å². The first-order valence-electron chi connectivity index (χ1n) is 5.27. The van der Waals surface area contributed by atoms with Gasteiger partial charge < -0.3 is 15.2 Å². The molecule has 2 N–H and O–H groups in total. The summed E-state index contributed by atoms with van der Waals surface area (Å²) in [6, 6.07) is 5.18. The van der Waals surface area contributed by atoms with Crippen molar-refractivity contribution in [2.45, 2.75) is 19.6 Å². The van der Waals surface area contributed by atoms with Crippen LogP contribution in [0.1, 0.15) is 22.8 Å². The second kappa shape index (κ2) is 6.74. The molecule has 94 valence electrons. The summed E-state index contributed by atoms with van der Waals surface area (Å²) in [6.07, 6.45) is 0. The normalized spacial score (nSPS) is 12.2. The lowest BCUT2D eigenvalue weighted by Gasteiger charge is -2.13. The SMILES string of the molecule is COCc1ccc(Br)cc1C(=O)NC(C)CO. The first kappa shape index (κ1) is 14.2. The van der Waals surface area contributed by atoms with Crippen LogP contribution in [-0.2, 0) is 11.3 Å². The number of hydrogen-bond acceptors (Lipinski definition) is 3. The molecular weight excluding hydrogens is 286 g/mol. The van der Waals surface area contributed by atoms with E-state index in [1.165, 1.54) is 0 Å². The van der Waals surface area contributed by atoms with E-state index in [0.29, 0.717) is 12.2 Å². The number of aliphatic hydroxyl groups excluding tert-OH is 1. The maximum absolute atomic E-state index is 12.0. The second-order valence-corrected chi connectivity index (χ2v) is 4.71. The lowest BCUT2D eigenvalue weighted by atomic mass is 10.1. The van der Waals surface area contributed by atoms with Crippen LogP contribution in [-0.4, -0.2) is 30.8 Å². The van der Waals surface area contributed by atoms with E-state index >= 15 is 0 Å². The molecule has 1 aromatic carbocycles. The molecule has 0 aliphatic rings. The Morgan fingerprint density at radius 3 is 2.88 bits per heavy atom. The molecule has 0 spiro atoms.